The van der Waals surface area contributed by atoms with Crippen molar-refractivity contribution in [2.75, 3.05) is 0 Å². The summed E-state index contributed by atoms with van der Waals surface area (Å²) in [6, 6.07) is 22.3. The fourth-order valence-corrected chi connectivity index (χ4v) is 11.8. The molecule has 0 N–H and O–H groups in total. The van der Waals surface area contributed by atoms with Crippen LogP contribution in [0.5, 0.6) is 0 Å². The van der Waals surface area contributed by atoms with Gasteiger partial charge in [0.25, 0.3) is 0 Å². The minimum absolute atomic E-state index is 0.711. The molecule has 0 heterocycles. The Kier molecular flexibility index (Phi) is 7.15. The van der Waals surface area contributed by atoms with E-state index in [0.29, 0.717) is 11.1 Å². The standard InChI is InChI=1S/C22H28N2OSi2/c1-26(2,15-13-19-5-9-21(17-23)10-6-19)25-27(3,4)16-14-20-7-11-22(18-24)12-8-20/h5-12H,13-16H2,1-4H3. The third-order valence-electron chi connectivity index (χ3n) is 4.75. The van der Waals surface area contributed by atoms with E-state index in [4.69, 9.17) is 14.6 Å². The van der Waals surface area contributed by atoms with Gasteiger partial charge >= 0.3 is 0 Å². The van der Waals surface area contributed by atoms with Crippen molar-refractivity contribution in [2.24, 2.45) is 0 Å². The van der Waals surface area contributed by atoms with Crippen molar-refractivity contribution in [3.63, 3.8) is 0 Å². The summed E-state index contributed by atoms with van der Waals surface area (Å²) < 4.78 is 6.73. The monoisotopic (exact) mass is 392 g/mol. The van der Waals surface area contributed by atoms with Gasteiger partial charge in [0.2, 0.25) is 0 Å². The Balaban J connectivity index is 1.87. The minimum Gasteiger partial charge on any atom is -0.455 e. The van der Waals surface area contributed by atoms with Gasteiger partial charge < -0.3 is 4.12 Å². The van der Waals surface area contributed by atoms with E-state index >= 15 is 0 Å². The first-order chi connectivity index (χ1) is 12.7. The molecule has 3 nitrogen and oxygen atoms in total. The van der Waals surface area contributed by atoms with Gasteiger partial charge in [0.15, 0.2) is 16.6 Å². The minimum atomic E-state index is -1.74. The van der Waals surface area contributed by atoms with Crippen LogP contribution in [0.25, 0.3) is 0 Å². The van der Waals surface area contributed by atoms with Crippen molar-refractivity contribution in [3.8, 4) is 12.1 Å². The normalized spacial score (nSPS) is 11.6. The number of rotatable bonds is 8. The molecular weight excluding hydrogens is 364 g/mol. The van der Waals surface area contributed by atoms with Crippen LogP contribution >= 0.6 is 0 Å². The molecule has 0 aliphatic carbocycles. The molecule has 0 bridgehead atoms. The van der Waals surface area contributed by atoms with E-state index in [2.05, 4.69) is 62.6 Å². The maximum atomic E-state index is 8.90. The third-order valence-corrected chi connectivity index (χ3v) is 12.1. The molecule has 0 atom stereocenters. The van der Waals surface area contributed by atoms with Gasteiger partial charge in [-0.25, -0.2) is 0 Å². The molecule has 2 rings (SSSR count). The average molecular weight is 393 g/mol. The molecule has 140 valence electrons. The molecule has 0 saturated heterocycles. The molecular formula is C22H28N2OSi2. The van der Waals surface area contributed by atoms with Crippen molar-refractivity contribution < 1.29 is 4.12 Å². The Morgan fingerprint density at radius 3 is 1.30 bits per heavy atom. The summed E-state index contributed by atoms with van der Waals surface area (Å²) in [4.78, 5) is 0. The maximum Gasteiger partial charge on any atom is 0.173 e. The lowest BCUT2D eigenvalue weighted by Crippen LogP contribution is -2.44. The molecule has 0 aliphatic heterocycles. The zero-order chi connectivity index (χ0) is 19.9. The summed E-state index contributed by atoms with van der Waals surface area (Å²) in [6.07, 6.45) is 2.01. The molecule has 0 aliphatic rings. The molecule has 0 saturated carbocycles. The van der Waals surface area contributed by atoms with Gasteiger partial charge in [-0.05, 0) is 86.5 Å². The third kappa shape index (κ3) is 7.15. The smallest absolute Gasteiger partial charge is 0.173 e. The predicted octanol–water partition coefficient (Wildman–Crippen LogP) is 5.64. The summed E-state index contributed by atoms with van der Waals surface area (Å²) in [5.41, 5.74) is 3.97. The summed E-state index contributed by atoms with van der Waals surface area (Å²) >= 11 is 0. The van der Waals surface area contributed by atoms with Gasteiger partial charge in [-0.1, -0.05) is 24.3 Å². The number of aryl methyl sites for hydroxylation is 2. The van der Waals surface area contributed by atoms with Crippen LogP contribution in [0.1, 0.15) is 22.3 Å². The van der Waals surface area contributed by atoms with Crippen LogP contribution in [-0.4, -0.2) is 16.6 Å². The van der Waals surface area contributed by atoms with Gasteiger partial charge in [-0.3, -0.25) is 0 Å². The highest BCUT2D eigenvalue weighted by atomic mass is 28.4. The number of hydrogen-bond donors (Lipinski definition) is 0. The summed E-state index contributed by atoms with van der Waals surface area (Å²) in [7, 11) is -3.49. The first-order valence-electron chi connectivity index (χ1n) is 9.41. The fraction of sp³-hybridized carbons (Fsp3) is 0.364. The van der Waals surface area contributed by atoms with Crippen LogP contribution in [-0.2, 0) is 17.0 Å². The molecule has 0 spiro atoms. The lowest BCUT2D eigenvalue weighted by molar-refractivity contribution is 0.536. The van der Waals surface area contributed by atoms with E-state index in [0.717, 1.165) is 24.9 Å². The van der Waals surface area contributed by atoms with Crippen LogP contribution in [0.15, 0.2) is 48.5 Å². The predicted molar refractivity (Wildman–Crippen MR) is 115 cm³/mol. The van der Waals surface area contributed by atoms with Crippen molar-refractivity contribution >= 4 is 16.6 Å². The van der Waals surface area contributed by atoms with E-state index in [-0.39, 0.29) is 0 Å². The van der Waals surface area contributed by atoms with Crippen LogP contribution in [0.2, 0.25) is 38.3 Å². The number of nitriles is 2. The largest absolute Gasteiger partial charge is 0.455 e. The summed E-state index contributed by atoms with van der Waals surface area (Å²) in [6.45, 7) is 9.25. The van der Waals surface area contributed by atoms with E-state index in [1.807, 2.05) is 24.3 Å². The van der Waals surface area contributed by atoms with Crippen molar-refractivity contribution in [1.29, 1.82) is 10.5 Å². The second-order valence-corrected chi connectivity index (χ2v) is 17.1. The van der Waals surface area contributed by atoms with Crippen molar-refractivity contribution in [3.05, 3.63) is 70.8 Å². The molecule has 0 unspecified atom stereocenters. The first-order valence-corrected chi connectivity index (χ1v) is 15.6. The van der Waals surface area contributed by atoms with Gasteiger partial charge in [-0.2, -0.15) is 10.5 Å². The molecule has 0 radical (unpaired) electrons. The SMILES string of the molecule is C[Si](C)(CCc1ccc(C#N)cc1)O[Si](C)(C)CCc1ccc(C#N)cc1. The quantitative estimate of drug-likeness (QED) is 0.546. The first kappa shape index (κ1) is 21.1. The van der Waals surface area contributed by atoms with Crippen LogP contribution in [0, 0.1) is 22.7 Å². The number of benzene rings is 2. The van der Waals surface area contributed by atoms with E-state index < -0.39 is 16.6 Å². The summed E-state index contributed by atoms with van der Waals surface area (Å²) in [5, 5.41) is 17.8. The van der Waals surface area contributed by atoms with Crippen molar-refractivity contribution in [1.82, 2.24) is 0 Å². The average Bonchev–Trinajstić information content (AvgIpc) is 2.65. The van der Waals surface area contributed by atoms with Crippen LogP contribution < -0.4 is 0 Å². The van der Waals surface area contributed by atoms with Gasteiger partial charge in [0, 0.05) is 0 Å². The zero-order valence-corrected chi connectivity index (χ0v) is 18.7. The molecule has 0 aromatic heterocycles. The molecule has 2 aromatic rings. The Labute approximate surface area is 165 Å². The highest BCUT2D eigenvalue weighted by molar-refractivity contribution is 6.84. The van der Waals surface area contributed by atoms with E-state index in [9.17, 15) is 0 Å². The highest BCUT2D eigenvalue weighted by Crippen LogP contribution is 2.24. The number of nitrogens with zero attached hydrogens (tertiary/aromatic N) is 2. The molecule has 0 amide bonds. The molecule has 27 heavy (non-hydrogen) atoms. The highest BCUT2D eigenvalue weighted by Gasteiger charge is 2.32. The number of hydrogen-bond acceptors (Lipinski definition) is 3. The van der Waals surface area contributed by atoms with Gasteiger partial charge in [0.05, 0.1) is 23.3 Å². The summed E-state index contributed by atoms with van der Waals surface area (Å²) in [5.74, 6) is 0. The Morgan fingerprint density at radius 2 is 1.00 bits per heavy atom. The Morgan fingerprint density at radius 1 is 0.667 bits per heavy atom. The molecule has 2 aromatic carbocycles. The van der Waals surface area contributed by atoms with E-state index in [1.165, 1.54) is 11.1 Å². The topological polar surface area (TPSA) is 56.8 Å². The van der Waals surface area contributed by atoms with E-state index in [1.54, 1.807) is 0 Å². The lowest BCUT2D eigenvalue weighted by atomic mass is 10.1. The Hall–Kier alpha value is -2.19. The zero-order valence-electron chi connectivity index (χ0n) is 16.7. The molecule has 5 heteroatoms. The van der Waals surface area contributed by atoms with Gasteiger partial charge in [-0.15, -0.1) is 0 Å². The van der Waals surface area contributed by atoms with Crippen LogP contribution in [0.3, 0.4) is 0 Å². The lowest BCUT2D eigenvalue weighted by Gasteiger charge is -2.34. The Bertz CT molecular complexity index is 757. The van der Waals surface area contributed by atoms with Gasteiger partial charge in [0.1, 0.15) is 0 Å². The van der Waals surface area contributed by atoms with Crippen molar-refractivity contribution in [2.45, 2.75) is 51.1 Å². The van der Waals surface area contributed by atoms with Crippen LogP contribution in [0.4, 0.5) is 0 Å². The molecule has 0 fully saturated rings. The maximum absolute atomic E-state index is 8.90. The fourth-order valence-electron chi connectivity index (χ4n) is 3.23. The second kappa shape index (κ2) is 9.15. The second-order valence-electron chi connectivity index (χ2n) is 8.24.